The van der Waals surface area contributed by atoms with Crippen LogP contribution in [0, 0.1) is 28.4 Å². The Morgan fingerprint density at radius 1 is 1.10 bits per heavy atom. The Balaban J connectivity index is 1.75. The first-order valence-electron chi connectivity index (χ1n) is 9.57. The van der Waals surface area contributed by atoms with E-state index in [-0.39, 0.29) is 11.4 Å². The Kier molecular flexibility index (Phi) is 5.63. The molecule has 3 heterocycles. The molecular weight excluding hydrogens is 402 g/mol. The van der Waals surface area contributed by atoms with Gasteiger partial charge >= 0.3 is 5.69 Å². The lowest BCUT2D eigenvalue weighted by molar-refractivity contribution is -0.385. The molecule has 0 amide bonds. The minimum Gasteiger partial charge on any atom is -0.341 e. The number of nitriles is 1. The first-order valence-corrected chi connectivity index (χ1v) is 10.4. The predicted octanol–water partition coefficient (Wildman–Crippen LogP) is 3.89. The van der Waals surface area contributed by atoms with Crippen molar-refractivity contribution in [2.75, 3.05) is 18.0 Å². The number of benzene rings is 1. The highest BCUT2D eigenvalue weighted by atomic mass is 32.2. The third kappa shape index (κ3) is 3.97. The zero-order valence-electron chi connectivity index (χ0n) is 16.4. The molecule has 0 saturated carbocycles. The van der Waals surface area contributed by atoms with E-state index in [9.17, 15) is 15.4 Å². The van der Waals surface area contributed by atoms with Crippen LogP contribution in [0.1, 0.15) is 30.5 Å². The molecular formula is C20H19N7O2S. The van der Waals surface area contributed by atoms with Crippen molar-refractivity contribution in [1.29, 1.82) is 5.26 Å². The Morgan fingerprint density at radius 3 is 2.50 bits per heavy atom. The second-order valence-electron chi connectivity index (χ2n) is 6.99. The smallest absolute Gasteiger partial charge is 0.305 e. The molecule has 4 rings (SSSR count). The molecule has 1 aliphatic rings. The Morgan fingerprint density at radius 2 is 1.83 bits per heavy atom. The first kappa shape index (κ1) is 19.8. The molecule has 0 aliphatic carbocycles. The Labute approximate surface area is 177 Å². The highest BCUT2D eigenvalue weighted by Gasteiger charge is 2.23. The molecule has 1 aromatic carbocycles. The Bertz CT molecular complexity index is 1120. The SMILES string of the molecule is Cc1ccc(-n2c(Sc3ccc([N+](=O)[O-])c(C#N)n3)nnc2N2CCCCC2)cc1. The van der Waals surface area contributed by atoms with Crippen LogP contribution in [0.5, 0.6) is 0 Å². The molecule has 0 radical (unpaired) electrons. The summed E-state index contributed by atoms with van der Waals surface area (Å²) >= 11 is 1.23. The van der Waals surface area contributed by atoms with Crippen LogP contribution in [0.3, 0.4) is 0 Å². The lowest BCUT2D eigenvalue weighted by Crippen LogP contribution is -2.31. The second-order valence-corrected chi connectivity index (χ2v) is 7.98. The van der Waals surface area contributed by atoms with E-state index in [0.29, 0.717) is 10.2 Å². The number of nitro groups is 1. The van der Waals surface area contributed by atoms with Gasteiger partial charge in [0.15, 0.2) is 0 Å². The summed E-state index contributed by atoms with van der Waals surface area (Å²) in [6.45, 7) is 3.87. The fraction of sp³-hybridized carbons (Fsp3) is 0.300. The second kappa shape index (κ2) is 8.51. The average molecular weight is 421 g/mol. The van der Waals surface area contributed by atoms with Gasteiger partial charge in [0.25, 0.3) is 0 Å². The number of nitrogens with zero attached hydrogens (tertiary/aromatic N) is 7. The lowest BCUT2D eigenvalue weighted by Gasteiger charge is -2.27. The van der Waals surface area contributed by atoms with E-state index in [1.165, 1.54) is 30.3 Å². The molecule has 1 fully saturated rings. The summed E-state index contributed by atoms with van der Waals surface area (Å²) in [5, 5.41) is 30.1. The number of hydrogen-bond donors (Lipinski definition) is 0. The molecule has 152 valence electrons. The summed E-state index contributed by atoms with van der Waals surface area (Å²) in [6, 6.07) is 12.7. The van der Waals surface area contributed by atoms with E-state index in [4.69, 9.17) is 0 Å². The van der Waals surface area contributed by atoms with Crippen molar-refractivity contribution in [3.63, 3.8) is 0 Å². The van der Waals surface area contributed by atoms with Gasteiger partial charge in [0.2, 0.25) is 16.8 Å². The molecule has 0 atom stereocenters. The van der Waals surface area contributed by atoms with Crippen molar-refractivity contribution in [3.8, 4) is 11.8 Å². The minimum absolute atomic E-state index is 0.220. The largest absolute Gasteiger partial charge is 0.341 e. The maximum absolute atomic E-state index is 11.1. The molecule has 10 heteroatoms. The average Bonchev–Trinajstić information content (AvgIpc) is 3.18. The van der Waals surface area contributed by atoms with Gasteiger partial charge in [-0.2, -0.15) is 5.26 Å². The summed E-state index contributed by atoms with van der Waals surface area (Å²) < 4.78 is 1.98. The quantitative estimate of drug-likeness (QED) is 0.450. The highest BCUT2D eigenvalue weighted by molar-refractivity contribution is 7.99. The fourth-order valence-corrected chi connectivity index (χ4v) is 4.18. The molecule has 0 unspecified atom stereocenters. The summed E-state index contributed by atoms with van der Waals surface area (Å²) in [5.41, 5.74) is 1.55. The maximum atomic E-state index is 11.1. The van der Waals surface area contributed by atoms with Crippen molar-refractivity contribution in [2.45, 2.75) is 36.4 Å². The van der Waals surface area contributed by atoms with Crippen LogP contribution in [0.25, 0.3) is 5.69 Å². The molecule has 0 spiro atoms. The van der Waals surface area contributed by atoms with Crippen molar-refractivity contribution in [2.24, 2.45) is 0 Å². The van der Waals surface area contributed by atoms with Gasteiger partial charge in [-0.3, -0.25) is 14.7 Å². The van der Waals surface area contributed by atoms with Gasteiger partial charge in [0, 0.05) is 19.2 Å². The van der Waals surface area contributed by atoms with Crippen LogP contribution in [0.2, 0.25) is 0 Å². The van der Waals surface area contributed by atoms with Crippen LogP contribution in [0.15, 0.2) is 46.6 Å². The van der Waals surface area contributed by atoms with Gasteiger partial charge in [-0.15, -0.1) is 10.2 Å². The highest BCUT2D eigenvalue weighted by Crippen LogP contribution is 2.33. The molecule has 1 saturated heterocycles. The summed E-state index contributed by atoms with van der Waals surface area (Å²) in [7, 11) is 0. The monoisotopic (exact) mass is 421 g/mol. The van der Waals surface area contributed by atoms with Gasteiger partial charge in [-0.25, -0.2) is 4.98 Å². The van der Waals surface area contributed by atoms with E-state index >= 15 is 0 Å². The number of piperidine rings is 1. The summed E-state index contributed by atoms with van der Waals surface area (Å²) in [6.07, 6.45) is 3.43. The fourth-order valence-electron chi connectivity index (χ4n) is 3.36. The number of hydrogen-bond acceptors (Lipinski definition) is 8. The molecule has 3 aromatic rings. The van der Waals surface area contributed by atoms with Crippen LogP contribution in [-0.4, -0.2) is 37.8 Å². The van der Waals surface area contributed by atoms with Crippen LogP contribution < -0.4 is 4.90 Å². The van der Waals surface area contributed by atoms with Crippen LogP contribution >= 0.6 is 11.8 Å². The van der Waals surface area contributed by atoms with Crippen molar-refractivity contribution in [3.05, 3.63) is 57.8 Å². The van der Waals surface area contributed by atoms with Crippen LogP contribution in [-0.2, 0) is 0 Å². The number of pyridine rings is 1. The Hall–Kier alpha value is -3.45. The molecule has 9 nitrogen and oxygen atoms in total. The zero-order valence-corrected chi connectivity index (χ0v) is 17.2. The number of rotatable bonds is 5. The van der Waals surface area contributed by atoms with E-state index in [0.717, 1.165) is 43.1 Å². The number of aryl methyl sites for hydroxylation is 1. The standard InChI is InChI=1S/C20H19N7O2S/c1-14-5-7-15(8-6-14)26-19(25-11-3-2-4-12-25)23-24-20(26)30-18-10-9-17(27(28)29)16(13-21)22-18/h5-10H,2-4,11-12H2,1H3. The zero-order chi connectivity index (χ0) is 21.1. The number of aromatic nitrogens is 4. The van der Waals surface area contributed by atoms with E-state index in [2.05, 4.69) is 20.1 Å². The van der Waals surface area contributed by atoms with E-state index in [1.54, 1.807) is 6.07 Å². The van der Waals surface area contributed by atoms with Gasteiger partial charge in [0.1, 0.15) is 11.1 Å². The molecule has 1 aliphatic heterocycles. The van der Waals surface area contributed by atoms with E-state index < -0.39 is 4.92 Å². The van der Waals surface area contributed by atoms with Crippen molar-refractivity contribution >= 4 is 23.4 Å². The number of anilines is 1. The summed E-state index contributed by atoms with van der Waals surface area (Å²) in [5.74, 6) is 0.767. The third-order valence-electron chi connectivity index (χ3n) is 4.89. The van der Waals surface area contributed by atoms with Gasteiger partial charge in [-0.1, -0.05) is 17.7 Å². The lowest BCUT2D eigenvalue weighted by atomic mass is 10.1. The topological polar surface area (TPSA) is 114 Å². The normalized spacial score (nSPS) is 13.8. The molecule has 2 aromatic heterocycles. The van der Waals surface area contributed by atoms with Crippen molar-refractivity contribution in [1.82, 2.24) is 19.7 Å². The van der Waals surface area contributed by atoms with Gasteiger partial charge in [0.05, 0.1) is 10.6 Å². The maximum Gasteiger partial charge on any atom is 0.305 e. The van der Waals surface area contributed by atoms with Gasteiger partial charge < -0.3 is 4.90 Å². The predicted molar refractivity (Wildman–Crippen MR) is 112 cm³/mol. The minimum atomic E-state index is -0.608. The van der Waals surface area contributed by atoms with Gasteiger partial charge in [-0.05, 0) is 56.1 Å². The summed E-state index contributed by atoms with van der Waals surface area (Å²) in [4.78, 5) is 16.8. The van der Waals surface area contributed by atoms with E-state index in [1.807, 2.05) is 35.8 Å². The third-order valence-corrected chi connectivity index (χ3v) is 5.78. The molecule has 0 bridgehead atoms. The van der Waals surface area contributed by atoms with Crippen LogP contribution in [0.4, 0.5) is 11.6 Å². The first-order chi connectivity index (χ1) is 14.6. The van der Waals surface area contributed by atoms with Crippen molar-refractivity contribution < 1.29 is 4.92 Å². The molecule has 0 N–H and O–H groups in total. The molecule has 30 heavy (non-hydrogen) atoms.